The zero-order valence-electron chi connectivity index (χ0n) is 11.7. The number of hydrogen-bond acceptors (Lipinski definition) is 3. The Morgan fingerprint density at radius 1 is 0.720 bits per heavy atom. The lowest BCUT2D eigenvalue weighted by molar-refractivity contribution is -0.435. The van der Waals surface area contributed by atoms with Crippen molar-refractivity contribution in [2.75, 3.05) is 0 Å². The van der Waals surface area contributed by atoms with Crippen LogP contribution in [0, 0.1) is 5.92 Å². The molecule has 0 aromatic rings. The number of rotatable bonds is 5. The number of carbonyl (C=O) groups is 1. The lowest BCUT2D eigenvalue weighted by Crippen LogP contribution is -2.52. The highest BCUT2D eigenvalue weighted by molar-refractivity contribution is 5.71. The quantitative estimate of drug-likeness (QED) is 0.510. The molecule has 25 heavy (non-hydrogen) atoms. The predicted octanol–water partition coefficient (Wildman–Crippen LogP) is 4.36. The summed E-state index contributed by atoms with van der Waals surface area (Å²) < 4.78 is 143. The van der Waals surface area contributed by atoms with Gasteiger partial charge in [0.15, 0.2) is 0 Å². The van der Waals surface area contributed by atoms with Gasteiger partial charge in [0, 0.05) is 0 Å². The third-order valence-corrected chi connectivity index (χ3v) is 3.31. The van der Waals surface area contributed by atoms with Crippen LogP contribution in [0.15, 0.2) is 0 Å². The molecule has 1 rings (SSSR count). The standard InChI is InChI=1S/C11H9F11O3/c12-7(23)4-1-2-5(24-10(19,20)8(13,14)15)6(3-4)25-11(21,22)9(16,17)18/h4-6H,1-3H2. The second kappa shape index (κ2) is 6.85. The number of carbonyl (C=O) groups excluding carboxylic acids is 1. The highest BCUT2D eigenvalue weighted by atomic mass is 19.4. The molecule has 148 valence electrons. The van der Waals surface area contributed by atoms with Gasteiger partial charge in [0.1, 0.15) is 0 Å². The number of alkyl halides is 10. The van der Waals surface area contributed by atoms with Crippen LogP contribution >= 0.6 is 0 Å². The van der Waals surface area contributed by atoms with Crippen LogP contribution in [0.3, 0.4) is 0 Å². The van der Waals surface area contributed by atoms with Crippen molar-refractivity contribution in [1.82, 2.24) is 0 Å². The fourth-order valence-corrected chi connectivity index (χ4v) is 2.08. The van der Waals surface area contributed by atoms with Crippen molar-refractivity contribution < 1.29 is 62.6 Å². The third-order valence-electron chi connectivity index (χ3n) is 3.31. The maximum atomic E-state index is 12.9. The van der Waals surface area contributed by atoms with E-state index in [0.717, 1.165) is 0 Å². The van der Waals surface area contributed by atoms with Crippen molar-refractivity contribution >= 4 is 6.04 Å². The summed E-state index contributed by atoms with van der Waals surface area (Å²) in [5.74, 6) is -1.80. The summed E-state index contributed by atoms with van der Waals surface area (Å²) in [4.78, 5) is 10.6. The van der Waals surface area contributed by atoms with Crippen LogP contribution in [0.4, 0.5) is 48.3 Å². The van der Waals surface area contributed by atoms with E-state index >= 15 is 0 Å². The second-order valence-electron chi connectivity index (χ2n) is 5.16. The van der Waals surface area contributed by atoms with Gasteiger partial charge < -0.3 is 9.47 Å². The molecule has 0 radical (unpaired) electrons. The van der Waals surface area contributed by atoms with Crippen LogP contribution in [0.2, 0.25) is 0 Å². The molecule has 1 fully saturated rings. The summed E-state index contributed by atoms with van der Waals surface area (Å²) in [6.07, 6.45) is -32.8. The minimum atomic E-state index is -6.32. The SMILES string of the molecule is O=C(F)C1CCC(OC(F)(F)C(F)(F)F)C(OC(F)(F)C(F)(F)F)C1. The fourth-order valence-electron chi connectivity index (χ4n) is 2.08. The van der Waals surface area contributed by atoms with Crippen molar-refractivity contribution in [3.63, 3.8) is 0 Å². The molecule has 0 N–H and O–H groups in total. The Balaban J connectivity index is 3.03. The molecule has 14 heteroatoms. The normalized spacial score (nSPS) is 26.6. The van der Waals surface area contributed by atoms with Gasteiger partial charge in [0.25, 0.3) is 0 Å². The van der Waals surface area contributed by atoms with E-state index in [0.29, 0.717) is 0 Å². The fraction of sp³-hybridized carbons (Fsp3) is 0.909. The number of hydrogen-bond donors (Lipinski definition) is 0. The summed E-state index contributed by atoms with van der Waals surface area (Å²) in [6, 6.07) is -2.16. The first kappa shape index (κ1) is 21.9. The summed E-state index contributed by atoms with van der Waals surface area (Å²) in [6.45, 7) is 0. The van der Waals surface area contributed by atoms with Crippen LogP contribution in [-0.4, -0.2) is 42.8 Å². The number of ether oxygens (including phenoxy) is 2. The minimum absolute atomic E-state index is 0.703. The van der Waals surface area contributed by atoms with Crippen molar-refractivity contribution in [3.8, 4) is 0 Å². The van der Waals surface area contributed by atoms with E-state index in [1.54, 1.807) is 0 Å². The van der Waals surface area contributed by atoms with E-state index in [9.17, 15) is 53.1 Å². The van der Waals surface area contributed by atoms with Gasteiger partial charge in [0.05, 0.1) is 18.1 Å². The maximum Gasteiger partial charge on any atom is 0.482 e. The van der Waals surface area contributed by atoms with Gasteiger partial charge in [-0.05, 0) is 19.3 Å². The molecule has 0 saturated heterocycles. The van der Waals surface area contributed by atoms with Gasteiger partial charge in [-0.1, -0.05) is 0 Å². The van der Waals surface area contributed by atoms with E-state index in [4.69, 9.17) is 0 Å². The Labute approximate surface area is 132 Å². The highest BCUT2D eigenvalue weighted by Crippen LogP contribution is 2.44. The molecule has 3 nitrogen and oxygen atoms in total. The molecule has 3 unspecified atom stereocenters. The zero-order valence-corrected chi connectivity index (χ0v) is 11.7. The first-order chi connectivity index (χ1) is 11.0. The molecule has 1 aliphatic carbocycles. The Hall–Kier alpha value is -1.18. The van der Waals surface area contributed by atoms with Crippen molar-refractivity contribution in [2.24, 2.45) is 5.92 Å². The minimum Gasteiger partial charge on any atom is -0.307 e. The summed E-state index contributed by atoms with van der Waals surface area (Å²) in [5.41, 5.74) is 0. The monoisotopic (exact) mass is 398 g/mol. The van der Waals surface area contributed by atoms with E-state index in [-0.39, 0.29) is 0 Å². The molecular weight excluding hydrogens is 389 g/mol. The molecule has 0 spiro atoms. The molecule has 3 atom stereocenters. The van der Waals surface area contributed by atoms with Crippen LogP contribution in [0.5, 0.6) is 0 Å². The van der Waals surface area contributed by atoms with Gasteiger partial charge in [0.2, 0.25) is 0 Å². The van der Waals surface area contributed by atoms with Crippen molar-refractivity contribution in [3.05, 3.63) is 0 Å². The smallest absolute Gasteiger partial charge is 0.307 e. The van der Waals surface area contributed by atoms with Gasteiger partial charge in [-0.2, -0.15) is 48.3 Å². The van der Waals surface area contributed by atoms with E-state index in [2.05, 4.69) is 9.47 Å². The van der Waals surface area contributed by atoms with Crippen molar-refractivity contribution in [1.29, 1.82) is 0 Å². The average Bonchev–Trinajstić information content (AvgIpc) is 2.37. The lowest BCUT2D eigenvalue weighted by Gasteiger charge is -2.37. The Morgan fingerprint density at radius 3 is 1.48 bits per heavy atom. The zero-order chi connectivity index (χ0) is 19.8. The van der Waals surface area contributed by atoms with Gasteiger partial charge in [-0.3, -0.25) is 4.79 Å². The molecule has 0 bridgehead atoms. The second-order valence-corrected chi connectivity index (χ2v) is 5.16. The van der Waals surface area contributed by atoms with E-state index in [1.165, 1.54) is 0 Å². The Kier molecular flexibility index (Phi) is 5.99. The molecular formula is C11H9F11O3. The summed E-state index contributed by atoms with van der Waals surface area (Å²) in [5, 5.41) is 0. The van der Waals surface area contributed by atoms with E-state index < -0.39 is 68.0 Å². The first-order valence-electron chi connectivity index (χ1n) is 6.42. The molecule has 1 saturated carbocycles. The van der Waals surface area contributed by atoms with Crippen LogP contribution in [0.25, 0.3) is 0 Å². The van der Waals surface area contributed by atoms with Crippen molar-refractivity contribution in [2.45, 2.75) is 56.0 Å². The van der Waals surface area contributed by atoms with Crippen LogP contribution in [-0.2, 0) is 14.3 Å². The molecule has 0 heterocycles. The average molecular weight is 398 g/mol. The van der Waals surface area contributed by atoms with Gasteiger partial charge in [-0.15, -0.1) is 0 Å². The maximum absolute atomic E-state index is 12.9. The first-order valence-corrected chi connectivity index (χ1v) is 6.42. The van der Waals surface area contributed by atoms with Gasteiger partial charge >= 0.3 is 30.6 Å². The summed E-state index contributed by atoms with van der Waals surface area (Å²) >= 11 is 0. The molecule has 0 amide bonds. The molecule has 0 aromatic heterocycles. The highest BCUT2D eigenvalue weighted by Gasteiger charge is 2.64. The summed E-state index contributed by atoms with van der Waals surface area (Å²) in [7, 11) is 0. The number of halogens is 11. The van der Waals surface area contributed by atoms with Gasteiger partial charge in [-0.25, -0.2) is 0 Å². The lowest BCUT2D eigenvalue weighted by atomic mass is 9.85. The topological polar surface area (TPSA) is 35.5 Å². The Bertz CT molecular complexity index is 485. The van der Waals surface area contributed by atoms with E-state index in [1.807, 2.05) is 0 Å². The predicted molar refractivity (Wildman–Crippen MR) is 55.2 cm³/mol. The third kappa shape index (κ3) is 5.15. The largest absolute Gasteiger partial charge is 0.482 e. The van der Waals surface area contributed by atoms with Crippen LogP contribution < -0.4 is 0 Å². The van der Waals surface area contributed by atoms with Crippen LogP contribution in [0.1, 0.15) is 19.3 Å². The molecule has 1 aliphatic rings. The molecule has 0 aromatic carbocycles. The Morgan fingerprint density at radius 2 is 1.12 bits per heavy atom. The molecule has 0 aliphatic heterocycles.